The van der Waals surface area contributed by atoms with Gasteiger partial charge in [0.15, 0.2) is 11.5 Å². The summed E-state index contributed by atoms with van der Waals surface area (Å²) < 4.78 is 16.8. The van der Waals surface area contributed by atoms with Crippen molar-refractivity contribution in [2.75, 3.05) is 33.4 Å². The predicted molar refractivity (Wildman–Crippen MR) is 144 cm³/mol. The van der Waals surface area contributed by atoms with Crippen LogP contribution in [0.4, 0.5) is 0 Å². The van der Waals surface area contributed by atoms with Gasteiger partial charge in [0.05, 0.1) is 13.7 Å². The first-order valence-corrected chi connectivity index (χ1v) is 12.9. The van der Waals surface area contributed by atoms with E-state index in [1.54, 1.807) is 19.2 Å². The highest BCUT2D eigenvalue weighted by molar-refractivity contribution is 5.80. The summed E-state index contributed by atoms with van der Waals surface area (Å²) in [6, 6.07) is 26.7. The minimum absolute atomic E-state index is 0.140. The van der Waals surface area contributed by atoms with Crippen molar-refractivity contribution in [1.82, 2.24) is 4.90 Å². The number of likely N-dealkylation sites (tertiary alicyclic amines) is 1. The monoisotopic (exact) mass is 499 g/mol. The van der Waals surface area contributed by atoms with Crippen LogP contribution in [0.1, 0.15) is 30.4 Å². The van der Waals surface area contributed by atoms with Crippen LogP contribution in [0.5, 0.6) is 11.5 Å². The van der Waals surface area contributed by atoms with Gasteiger partial charge in [-0.05, 0) is 61.5 Å². The van der Waals surface area contributed by atoms with E-state index < -0.39 is 11.2 Å². The third-order valence-corrected chi connectivity index (χ3v) is 7.39. The molecule has 0 bridgehead atoms. The molecule has 0 saturated carbocycles. The Balaban J connectivity index is 1.18. The first kappa shape index (κ1) is 25.1. The summed E-state index contributed by atoms with van der Waals surface area (Å²) in [5.41, 5.74) is 0.994. The minimum Gasteiger partial charge on any atom is -0.493 e. The number of rotatable bonds is 9. The van der Waals surface area contributed by atoms with Crippen LogP contribution in [0.25, 0.3) is 11.0 Å². The molecule has 5 rings (SSSR count). The third kappa shape index (κ3) is 5.41. The molecule has 1 aromatic heterocycles. The van der Waals surface area contributed by atoms with E-state index in [9.17, 15) is 9.90 Å². The maximum Gasteiger partial charge on any atom is 0.336 e. The molecule has 3 aromatic carbocycles. The van der Waals surface area contributed by atoms with Crippen molar-refractivity contribution in [3.8, 4) is 11.5 Å². The molecule has 0 radical (unpaired) electrons. The highest BCUT2D eigenvalue weighted by atomic mass is 16.5. The van der Waals surface area contributed by atoms with Crippen LogP contribution in [-0.2, 0) is 5.60 Å². The van der Waals surface area contributed by atoms with Crippen LogP contribution in [0.2, 0.25) is 0 Å². The van der Waals surface area contributed by atoms with Crippen molar-refractivity contribution in [1.29, 1.82) is 0 Å². The van der Waals surface area contributed by atoms with Gasteiger partial charge in [0.25, 0.3) is 0 Å². The fourth-order valence-electron chi connectivity index (χ4n) is 5.42. The Morgan fingerprint density at radius 2 is 1.57 bits per heavy atom. The zero-order chi connectivity index (χ0) is 25.7. The smallest absolute Gasteiger partial charge is 0.336 e. The number of hydrogen-bond acceptors (Lipinski definition) is 6. The molecular weight excluding hydrogens is 466 g/mol. The van der Waals surface area contributed by atoms with E-state index in [2.05, 4.69) is 4.90 Å². The molecule has 37 heavy (non-hydrogen) atoms. The quantitative estimate of drug-likeness (QED) is 0.252. The summed E-state index contributed by atoms with van der Waals surface area (Å²) in [7, 11) is 1.60. The second-order valence-corrected chi connectivity index (χ2v) is 9.61. The number of hydrogen-bond donors (Lipinski definition) is 1. The molecule has 0 aliphatic carbocycles. The number of benzene rings is 3. The molecule has 4 aromatic rings. The van der Waals surface area contributed by atoms with Crippen LogP contribution in [0, 0.1) is 5.92 Å². The van der Waals surface area contributed by atoms with Gasteiger partial charge >= 0.3 is 5.63 Å². The molecule has 0 amide bonds. The summed E-state index contributed by atoms with van der Waals surface area (Å²) in [5, 5.41) is 12.9. The Kier molecular flexibility index (Phi) is 7.58. The van der Waals surface area contributed by atoms with Crippen molar-refractivity contribution in [2.24, 2.45) is 5.92 Å². The third-order valence-electron chi connectivity index (χ3n) is 7.39. The van der Waals surface area contributed by atoms with Crippen LogP contribution in [0.15, 0.2) is 94.1 Å². The van der Waals surface area contributed by atoms with Gasteiger partial charge in [-0.3, -0.25) is 0 Å². The number of nitrogens with zero attached hydrogens (tertiary/aromatic N) is 1. The topological polar surface area (TPSA) is 72.1 Å². The average molecular weight is 500 g/mol. The highest BCUT2D eigenvalue weighted by Gasteiger charge is 2.41. The van der Waals surface area contributed by atoms with Crippen LogP contribution in [-0.4, -0.2) is 43.4 Å². The fraction of sp³-hybridized carbons (Fsp3) is 0.323. The number of fused-ring (bicyclic) bond motifs is 1. The van der Waals surface area contributed by atoms with Crippen LogP contribution < -0.4 is 15.1 Å². The standard InChI is InChI=1S/C31H33NO5/c1-35-28-21-23-13-14-30(33)37-27(23)22-29(28)36-20-8-17-32-18-15-26(16-19-32)31(34,24-9-4-2-5-10-24)25-11-6-3-7-12-25/h2-7,9-14,21-22,26,34H,8,15-20H2,1H3. The lowest BCUT2D eigenvalue weighted by atomic mass is 9.72. The lowest BCUT2D eigenvalue weighted by molar-refractivity contribution is -0.0146. The number of aliphatic hydroxyl groups is 1. The van der Waals surface area contributed by atoms with Gasteiger partial charge in [-0.15, -0.1) is 0 Å². The maximum absolute atomic E-state index is 12.1. The van der Waals surface area contributed by atoms with E-state index >= 15 is 0 Å². The van der Waals surface area contributed by atoms with Crippen molar-refractivity contribution in [2.45, 2.75) is 24.9 Å². The second-order valence-electron chi connectivity index (χ2n) is 9.61. The van der Waals surface area contributed by atoms with Crippen molar-refractivity contribution >= 4 is 11.0 Å². The Morgan fingerprint density at radius 1 is 0.919 bits per heavy atom. The van der Waals surface area contributed by atoms with Gasteiger partial charge in [0, 0.05) is 24.1 Å². The van der Waals surface area contributed by atoms with E-state index in [0.717, 1.165) is 55.4 Å². The molecule has 6 nitrogen and oxygen atoms in total. The van der Waals surface area contributed by atoms with Crippen molar-refractivity contribution < 1.29 is 19.0 Å². The molecule has 1 aliphatic rings. The fourth-order valence-corrected chi connectivity index (χ4v) is 5.42. The van der Waals surface area contributed by atoms with Crippen LogP contribution >= 0.6 is 0 Å². The first-order valence-electron chi connectivity index (χ1n) is 12.9. The zero-order valence-electron chi connectivity index (χ0n) is 21.1. The summed E-state index contributed by atoms with van der Waals surface area (Å²) in [5.74, 6) is 1.32. The number of methoxy groups -OCH3 is 1. The first-order chi connectivity index (χ1) is 18.1. The molecule has 6 heteroatoms. The van der Waals surface area contributed by atoms with E-state index in [0.29, 0.717) is 23.7 Å². The van der Waals surface area contributed by atoms with Crippen molar-refractivity contribution in [3.05, 3.63) is 106 Å². The Labute approximate surface area is 217 Å². The van der Waals surface area contributed by atoms with E-state index in [4.69, 9.17) is 13.9 Å². The maximum atomic E-state index is 12.1. The van der Waals surface area contributed by atoms with Gasteiger partial charge < -0.3 is 23.9 Å². The molecule has 192 valence electrons. The predicted octanol–water partition coefficient (Wildman–Crippen LogP) is 5.22. The molecule has 0 atom stereocenters. The summed E-state index contributed by atoms with van der Waals surface area (Å²) >= 11 is 0. The van der Waals surface area contributed by atoms with Gasteiger partial charge in [-0.25, -0.2) is 4.79 Å². The molecular formula is C31H33NO5. The molecule has 0 spiro atoms. The van der Waals surface area contributed by atoms with E-state index in [-0.39, 0.29) is 5.92 Å². The molecule has 1 aliphatic heterocycles. The van der Waals surface area contributed by atoms with E-state index in [1.165, 1.54) is 6.07 Å². The van der Waals surface area contributed by atoms with Gasteiger partial charge in [0.1, 0.15) is 11.2 Å². The Bertz CT molecular complexity index is 1320. The van der Waals surface area contributed by atoms with Crippen LogP contribution in [0.3, 0.4) is 0 Å². The average Bonchev–Trinajstić information content (AvgIpc) is 2.95. The lowest BCUT2D eigenvalue weighted by Crippen LogP contribution is -2.44. The highest BCUT2D eigenvalue weighted by Crippen LogP contribution is 2.42. The SMILES string of the molecule is COc1cc2ccc(=O)oc2cc1OCCCN1CCC(C(O)(c2ccccc2)c2ccccc2)CC1. The summed E-state index contributed by atoms with van der Waals surface area (Å²) in [6.45, 7) is 3.29. The Hall–Kier alpha value is -3.61. The Morgan fingerprint density at radius 3 is 2.19 bits per heavy atom. The summed E-state index contributed by atoms with van der Waals surface area (Å²) in [4.78, 5) is 14.0. The molecule has 1 saturated heterocycles. The van der Waals surface area contributed by atoms with Gasteiger partial charge in [-0.1, -0.05) is 60.7 Å². The minimum atomic E-state index is -1.00. The number of ether oxygens (including phenoxy) is 2. The summed E-state index contributed by atoms with van der Waals surface area (Å²) in [6.07, 6.45) is 2.68. The second kappa shape index (κ2) is 11.2. The molecule has 1 fully saturated rings. The van der Waals surface area contributed by atoms with E-state index in [1.807, 2.05) is 66.7 Å². The number of piperidine rings is 1. The van der Waals surface area contributed by atoms with Gasteiger partial charge in [0.2, 0.25) is 0 Å². The zero-order valence-corrected chi connectivity index (χ0v) is 21.1. The molecule has 2 heterocycles. The van der Waals surface area contributed by atoms with Crippen molar-refractivity contribution in [3.63, 3.8) is 0 Å². The lowest BCUT2D eigenvalue weighted by Gasteiger charge is -2.42. The molecule has 1 N–H and O–H groups in total. The molecule has 0 unspecified atom stereocenters. The largest absolute Gasteiger partial charge is 0.493 e. The normalized spacial score (nSPS) is 15.1. The van der Waals surface area contributed by atoms with Gasteiger partial charge in [-0.2, -0.15) is 0 Å².